The van der Waals surface area contributed by atoms with E-state index in [2.05, 4.69) is 26.2 Å². The number of aryl methyl sites for hydroxylation is 1. The van der Waals surface area contributed by atoms with Crippen molar-refractivity contribution in [3.8, 4) is 0 Å². The predicted molar refractivity (Wildman–Crippen MR) is 73.6 cm³/mol. The van der Waals surface area contributed by atoms with Gasteiger partial charge in [0.15, 0.2) is 0 Å². The maximum atomic E-state index is 12.9. The van der Waals surface area contributed by atoms with Crippen molar-refractivity contribution in [2.75, 3.05) is 0 Å². The fourth-order valence-corrected chi connectivity index (χ4v) is 2.18. The summed E-state index contributed by atoms with van der Waals surface area (Å²) in [4.78, 5) is 4.41. The molecule has 94 valence electrons. The summed E-state index contributed by atoms with van der Waals surface area (Å²) in [6.07, 6.45) is 0. The van der Waals surface area contributed by atoms with Crippen molar-refractivity contribution in [1.82, 2.24) is 10.3 Å². The zero-order valence-electron chi connectivity index (χ0n) is 10.1. The number of aromatic nitrogens is 1. The molecule has 2 rings (SSSR count). The van der Waals surface area contributed by atoms with Gasteiger partial charge in [0.2, 0.25) is 0 Å². The molecule has 0 atom stereocenters. The van der Waals surface area contributed by atoms with Crippen LogP contribution in [0, 0.1) is 12.7 Å². The Morgan fingerprint density at radius 2 is 2.06 bits per heavy atom. The minimum absolute atomic E-state index is 0.231. The highest BCUT2D eigenvalue weighted by Crippen LogP contribution is 2.17. The summed E-state index contributed by atoms with van der Waals surface area (Å²) >= 11 is 3.35. The lowest BCUT2D eigenvalue weighted by Gasteiger charge is -2.07. The fraction of sp³-hybridized carbons (Fsp3) is 0.214. The molecule has 2 nitrogen and oxygen atoms in total. The van der Waals surface area contributed by atoms with Crippen LogP contribution in [-0.4, -0.2) is 4.98 Å². The lowest BCUT2D eigenvalue weighted by molar-refractivity contribution is 0.623. The van der Waals surface area contributed by atoms with Gasteiger partial charge in [-0.25, -0.2) is 4.39 Å². The van der Waals surface area contributed by atoms with Crippen molar-refractivity contribution < 1.29 is 4.39 Å². The second kappa shape index (κ2) is 6.07. The molecule has 18 heavy (non-hydrogen) atoms. The third kappa shape index (κ3) is 3.62. The smallest absolute Gasteiger partial charge is 0.124 e. The second-order valence-electron chi connectivity index (χ2n) is 4.11. The van der Waals surface area contributed by atoms with Crippen LogP contribution < -0.4 is 5.32 Å². The van der Waals surface area contributed by atoms with E-state index in [0.717, 1.165) is 21.4 Å². The Hall–Kier alpha value is -1.26. The molecular formula is C14H14BrFN2. The number of benzene rings is 1. The molecule has 0 unspecified atom stereocenters. The van der Waals surface area contributed by atoms with Crippen molar-refractivity contribution >= 4 is 15.9 Å². The van der Waals surface area contributed by atoms with Gasteiger partial charge in [0, 0.05) is 23.3 Å². The Bertz CT molecular complexity index is 543. The predicted octanol–water partition coefficient (Wildman–Crippen LogP) is 3.58. The second-order valence-corrected chi connectivity index (χ2v) is 4.96. The molecule has 0 fully saturated rings. The number of nitrogens with zero attached hydrogens (tertiary/aromatic N) is 1. The van der Waals surface area contributed by atoms with Gasteiger partial charge in [-0.15, -0.1) is 0 Å². The van der Waals surface area contributed by atoms with Gasteiger partial charge < -0.3 is 5.32 Å². The third-order valence-electron chi connectivity index (χ3n) is 2.58. The van der Waals surface area contributed by atoms with Gasteiger partial charge in [-0.2, -0.15) is 0 Å². The monoisotopic (exact) mass is 308 g/mol. The molecule has 0 aliphatic rings. The van der Waals surface area contributed by atoms with Gasteiger partial charge in [-0.05, 0) is 36.8 Å². The summed E-state index contributed by atoms with van der Waals surface area (Å²) in [6.45, 7) is 3.35. The lowest BCUT2D eigenvalue weighted by Crippen LogP contribution is -2.14. The largest absolute Gasteiger partial charge is 0.307 e. The zero-order valence-corrected chi connectivity index (χ0v) is 11.7. The quantitative estimate of drug-likeness (QED) is 0.934. The molecule has 1 aromatic carbocycles. The zero-order chi connectivity index (χ0) is 13.0. The number of pyridine rings is 1. The van der Waals surface area contributed by atoms with Crippen LogP contribution in [0.15, 0.2) is 40.9 Å². The van der Waals surface area contributed by atoms with Crippen LogP contribution in [0.2, 0.25) is 0 Å². The Balaban J connectivity index is 1.92. The molecule has 0 spiro atoms. The molecule has 0 radical (unpaired) electrons. The normalized spacial score (nSPS) is 10.6. The standard InChI is InChI=1S/C14H14BrFN2/c1-10-3-2-4-13(18-10)9-17-8-11-5-6-12(16)7-14(11)15/h2-7,17H,8-9H2,1H3. The molecular weight excluding hydrogens is 295 g/mol. The van der Waals surface area contributed by atoms with E-state index in [1.54, 1.807) is 6.07 Å². The van der Waals surface area contributed by atoms with E-state index in [-0.39, 0.29) is 5.82 Å². The molecule has 1 aromatic heterocycles. The van der Waals surface area contributed by atoms with Gasteiger partial charge in [0.1, 0.15) is 5.82 Å². The van der Waals surface area contributed by atoms with Gasteiger partial charge in [0.05, 0.1) is 5.69 Å². The molecule has 2 aromatic rings. The first-order valence-electron chi connectivity index (χ1n) is 5.72. The molecule has 0 saturated carbocycles. The van der Waals surface area contributed by atoms with Gasteiger partial charge in [0.25, 0.3) is 0 Å². The Morgan fingerprint density at radius 3 is 2.78 bits per heavy atom. The molecule has 1 N–H and O–H groups in total. The molecule has 0 aliphatic carbocycles. The molecule has 0 amide bonds. The first-order chi connectivity index (χ1) is 8.65. The summed E-state index contributed by atoms with van der Waals surface area (Å²) in [6, 6.07) is 10.7. The minimum Gasteiger partial charge on any atom is -0.307 e. The van der Waals surface area contributed by atoms with E-state index in [1.165, 1.54) is 12.1 Å². The van der Waals surface area contributed by atoms with Crippen LogP contribution >= 0.6 is 15.9 Å². The molecule has 0 aliphatic heterocycles. The van der Waals surface area contributed by atoms with Crippen molar-refractivity contribution in [3.63, 3.8) is 0 Å². The van der Waals surface area contributed by atoms with Crippen LogP contribution in [-0.2, 0) is 13.1 Å². The van der Waals surface area contributed by atoms with E-state index in [4.69, 9.17) is 0 Å². The maximum Gasteiger partial charge on any atom is 0.124 e. The number of hydrogen-bond acceptors (Lipinski definition) is 2. The maximum absolute atomic E-state index is 12.9. The van der Waals surface area contributed by atoms with Crippen molar-refractivity contribution in [3.05, 3.63) is 63.6 Å². The van der Waals surface area contributed by atoms with Crippen LogP contribution in [0.1, 0.15) is 17.0 Å². The van der Waals surface area contributed by atoms with Crippen molar-refractivity contribution in [1.29, 1.82) is 0 Å². The number of nitrogens with one attached hydrogen (secondary N) is 1. The summed E-state index contributed by atoms with van der Waals surface area (Å²) in [5, 5.41) is 3.29. The van der Waals surface area contributed by atoms with Crippen LogP contribution in [0.4, 0.5) is 4.39 Å². The Labute approximate surface area is 114 Å². The van der Waals surface area contributed by atoms with Crippen LogP contribution in [0.5, 0.6) is 0 Å². The highest BCUT2D eigenvalue weighted by Gasteiger charge is 2.01. The highest BCUT2D eigenvalue weighted by molar-refractivity contribution is 9.10. The van der Waals surface area contributed by atoms with Crippen LogP contribution in [0.3, 0.4) is 0 Å². The third-order valence-corrected chi connectivity index (χ3v) is 3.32. The number of rotatable bonds is 4. The molecule has 0 bridgehead atoms. The lowest BCUT2D eigenvalue weighted by atomic mass is 10.2. The highest BCUT2D eigenvalue weighted by atomic mass is 79.9. The first kappa shape index (κ1) is 13.2. The summed E-state index contributed by atoms with van der Waals surface area (Å²) < 4.78 is 13.7. The van der Waals surface area contributed by atoms with Crippen molar-refractivity contribution in [2.24, 2.45) is 0 Å². The van der Waals surface area contributed by atoms with E-state index in [1.807, 2.05) is 25.1 Å². The molecule has 4 heteroatoms. The summed E-state index contributed by atoms with van der Waals surface area (Å²) in [5.74, 6) is -0.231. The van der Waals surface area contributed by atoms with E-state index < -0.39 is 0 Å². The van der Waals surface area contributed by atoms with Gasteiger partial charge in [-0.1, -0.05) is 28.1 Å². The first-order valence-corrected chi connectivity index (χ1v) is 6.51. The topological polar surface area (TPSA) is 24.9 Å². The van der Waals surface area contributed by atoms with E-state index in [9.17, 15) is 4.39 Å². The number of halogens is 2. The van der Waals surface area contributed by atoms with E-state index in [0.29, 0.717) is 13.1 Å². The summed E-state index contributed by atoms with van der Waals surface area (Å²) in [5.41, 5.74) is 3.05. The van der Waals surface area contributed by atoms with Gasteiger partial charge in [-0.3, -0.25) is 4.98 Å². The fourth-order valence-electron chi connectivity index (χ4n) is 1.69. The Morgan fingerprint density at radius 1 is 1.22 bits per heavy atom. The average molecular weight is 309 g/mol. The molecule has 0 saturated heterocycles. The Kier molecular flexibility index (Phi) is 4.44. The minimum atomic E-state index is -0.231. The molecule has 1 heterocycles. The van der Waals surface area contributed by atoms with E-state index >= 15 is 0 Å². The number of hydrogen-bond donors (Lipinski definition) is 1. The van der Waals surface area contributed by atoms with Crippen LogP contribution in [0.25, 0.3) is 0 Å². The summed E-state index contributed by atoms with van der Waals surface area (Å²) in [7, 11) is 0. The van der Waals surface area contributed by atoms with Crippen molar-refractivity contribution in [2.45, 2.75) is 20.0 Å². The SMILES string of the molecule is Cc1cccc(CNCc2ccc(F)cc2Br)n1. The van der Waals surface area contributed by atoms with Gasteiger partial charge >= 0.3 is 0 Å². The average Bonchev–Trinajstić information content (AvgIpc) is 2.32.